The van der Waals surface area contributed by atoms with Gasteiger partial charge in [0, 0.05) is 72.6 Å². The number of carbonyl (C=O) groups excluding carboxylic acids is 4. The van der Waals surface area contributed by atoms with Gasteiger partial charge in [0.05, 0.1) is 53.6 Å². The van der Waals surface area contributed by atoms with Crippen LogP contribution >= 0.6 is 0 Å². The summed E-state index contributed by atoms with van der Waals surface area (Å²) in [5.74, 6) is 22.8. The number of hydrogen-bond donors (Lipinski definition) is 9. The first kappa shape index (κ1) is 75.1. The quantitative estimate of drug-likeness (QED) is 0.0745. The van der Waals surface area contributed by atoms with Crippen LogP contribution in [0, 0.1) is 71.0 Å². The summed E-state index contributed by atoms with van der Waals surface area (Å²) in [5, 5.41) is 12.0. The van der Waals surface area contributed by atoms with Gasteiger partial charge in [-0.2, -0.15) is 9.97 Å². The normalized spacial score (nSPS) is 10.3. The Kier molecular flexibility index (Phi) is 30.6. The first-order valence-corrected chi connectivity index (χ1v) is 27.7. The van der Waals surface area contributed by atoms with E-state index in [1.54, 1.807) is 26.2 Å². The summed E-state index contributed by atoms with van der Waals surface area (Å²) in [6.07, 6.45) is 8.19. The van der Waals surface area contributed by atoms with Gasteiger partial charge in [0.2, 0.25) is 29.6 Å². The number of anilines is 3. The second kappa shape index (κ2) is 35.4. The van der Waals surface area contributed by atoms with Gasteiger partial charge >= 0.3 is 11.4 Å². The molecule has 6 aromatic heterocycles. The molecule has 0 radical (unpaired) electrons. The highest BCUT2D eigenvalue weighted by Gasteiger charge is 2.17. The average molecular weight is 1200 g/mol. The van der Waals surface area contributed by atoms with Gasteiger partial charge in [-0.25, -0.2) is 19.6 Å². The molecule has 470 valence electrons. The van der Waals surface area contributed by atoms with Gasteiger partial charge in [-0.05, 0) is 55.4 Å². The Hall–Kier alpha value is -9.88. The summed E-state index contributed by atoms with van der Waals surface area (Å²) in [4.78, 5) is 114. The molecule has 0 atom stereocenters. The van der Waals surface area contributed by atoms with E-state index in [2.05, 4.69) is 112 Å². The van der Waals surface area contributed by atoms with Crippen molar-refractivity contribution in [3.63, 3.8) is 0 Å². The zero-order chi connectivity index (χ0) is 64.0. The van der Waals surface area contributed by atoms with Crippen LogP contribution in [0.1, 0.15) is 172 Å². The van der Waals surface area contributed by atoms with E-state index >= 15 is 0 Å². The fraction of sp³-hybridized carbons (Fsp3) is 0.484. The number of nitrogens with zero attached hydrogens (tertiary/aromatic N) is 8. The van der Waals surface area contributed by atoms with Crippen LogP contribution in [0.2, 0.25) is 0 Å². The minimum Gasteiger partial charge on any atom is -0.383 e. The first-order valence-electron chi connectivity index (χ1n) is 27.7. The summed E-state index contributed by atoms with van der Waals surface area (Å²) in [5.41, 5.74) is 18.9. The summed E-state index contributed by atoms with van der Waals surface area (Å²) in [6.45, 7) is 31.0. The van der Waals surface area contributed by atoms with E-state index in [0.29, 0.717) is 34.5 Å². The third-order valence-corrected chi connectivity index (χ3v) is 11.9. The fourth-order valence-corrected chi connectivity index (χ4v) is 7.06. The Bertz CT molecular complexity index is 3860. The summed E-state index contributed by atoms with van der Waals surface area (Å²) in [6, 6.07) is 0.271. The third kappa shape index (κ3) is 22.6. The van der Waals surface area contributed by atoms with Gasteiger partial charge in [0.15, 0.2) is 5.65 Å². The van der Waals surface area contributed by atoms with E-state index in [-0.39, 0.29) is 129 Å². The van der Waals surface area contributed by atoms with Crippen LogP contribution in [0.25, 0.3) is 22.1 Å². The van der Waals surface area contributed by atoms with Crippen molar-refractivity contribution in [2.45, 2.75) is 150 Å². The van der Waals surface area contributed by atoms with E-state index in [9.17, 15) is 38.4 Å². The van der Waals surface area contributed by atoms with Crippen molar-refractivity contribution in [2.75, 3.05) is 43.4 Å². The Morgan fingerprint density at radius 1 is 0.448 bits per heavy atom. The largest absolute Gasteiger partial charge is 0.383 e. The van der Waals surface area contributed by atoms with E-state index in [0.717, 1.165) is 16.6 Å². The van der Waals surface area contributed by atoms with Crippen molar-refractivity contribution in [1.82, 2.24) is 69.4 Å². The molecule has 0 fully saturated rings. The molecule has 6 rings (SSSR count). The lowest BCUT2D eigenvalue weighted by Gasteiger charge is -2.09. The topological polar surface area (TPSA) is 366 Å². The highest BCUT2D eigenvalue weighted by atomic mass is 16.2. The van der Waals surface area contributed by atoms with Gasteiger partial charge < -0.3 is 47.6 Å². The minimum atomic E-state index is -0.519. The van der Waals surface area contributed by atoms with Crippen LogP contribution in [-0.2, 0) is 19.2 Å². The number of nitrogen functional groups attached to an aromatic ring is 3. The Labute approximate surface area is 509 Å². The van der Waals surface area contributed by atoms with Crippen LogP contribution in [0.15, 0.2) is 50.3 Å². The molecule has 0 saturated carbocycles. The van der Waals surface area contributed by atoms with Crippen LogP contribution in [-0.4, -0.2) is 98.0 Å². The molecule has 25 nitrogen and oxygen atoms in total. The number of nitrogens with two attached hydrogens (primary N) is 3. The highest BCUT2D eigenvalue weighted by molar-refractivity contribution is 5.92. The number of hydrogen-bond acceptors (Lipinski definition) is 15. The lowest BCUT2D eigenvalue weighted by molar-refractivity contribution is -0.124. The number of carbonyl (C=O) groups is 4. The van der Waals surface area contributed by atoms with Gasteiger partial charge in [-0.3, -0.25) is 47.9 Å². The molecule has 0 aliphatic heterocycles. The maximum absolute atomic E-state index is 12.2. The maximum Gasteiger partial charge on any atom is 0.349 e. The smallest absolute Gasteiger partial charge is 0.349 e. The highest BCUT2D eigenvalue weighted by Crippen LogP contribution is 2.26. The molecule has 0 aliphatic carbocycles. The third-order valence-electron chi connectivity index (χ3n) is 11.9. The van der Waals surface area contributed by atoms with E-state index in [1.165, 1.54) is 21.7 Å². The zero-order valence-electron chi connectivity index (χ0n) is 51.4. The average Bonchev–Trinajstić information content (AvgIpc) is 1.76. The number of amides is 4. The number of aromatic nitrogens is 10. The number of rotatable bonds is 12. The van der Waals surface area contributed by atoms with Gasteiger partial charge in [0.1, 0.15) is 29.2 Å². The molecule has 0 aliphatic rings. The lowest BCUT2D eigenvalue weighted by atomic mass is 10.2. The molecular formula is C62H89N17O8. The van der Waals surface area contributed by atoms with Crippen molar-refractivity contribution >= 4 is 63.3 Å². The second-order valence-corrected chi connectivity index (χ2v) is 21.5. The summed E-state index contributed by atoms with van der Waals surface area (Å²) in [7, 11) is 0. The van der Waals surface area contributed by atoms with E-state index in [4.69, 9.17) is 17.2 Å². The molecule has 0 aromatic carbocycles. The predicted octanol–water partition coefficient (Wildman–Crippen LogP) is 4.77. The van der Waals surface area contributed by atoms with Crippen molar-refractivity contribution in [2.24, 2.45) is 23.7 Å². The van der Waals surface area contributed by atoms with Gasteiger partial charge in [0.25, 0.3) is 11.1 Å². The Morgan fingerprint density at radius 2 is 0.816 bits per heavy atom. The van der Waals surface area contributed by atoms with Gasteiger partial charge in [-0.15, -0.1) is 0 Å². The Balaban J connectivity index is 0.000000577. The molecule has 4 amide bonds. The molecule has 25 heteroatoms. The second-order valence-electron chi connectivity index (χ2n) is 21.5. The number of fused-ring (bicyclic) bond motifs is 2. The number of aromatic amines is 2. The van der Waals surface area contributed by atoms with Crippen LogP contribution in [0.5, 0.6) is 0 Å². The standard InChI is InChI=1S/C16H21N5O2.C16H21N5O.C14H20N4O2.C14H19N3O3.2CH4/c1-9(2)14(22)18-7-5-6-11-8-21(10(3)4)13-12(11)15(23)20-16(17)19-13;1-10(2)16(22)18-7-5-6-12-8-21(11(3)4)15-13(12)14(17)19-9-20-15;1-9(2)13(19)16-7-5-6-11-8-18(10(3)4)14(20)17-12(11)15;1-9(2)12(18)15-7-5-6-11-8-17(10(3)4)14(20)16-13(11)19;;/h8-10H,7H2,1-4H3,(H,18,22)(H3,17,19,20,23);8-11H,7H2,1-4H3,(H,18,22)(H2,17,19,20);8-10H,7H2,1-4H3,(H,16,19)(H2,15,17,20);8-10H,7H2,1-4H3,(H,15,18)(H,16,19,20);2*1H4. The molecule has 0 saturated heterocycles. The molecule has 87 heavy (non-hydrogen) atoms. The molecule has 0 spiro atoms. The maximum atomic E-state index is 12.2. The van der Waals surface area contributed by atoms with Crippen molar-refractivity contribution in [1.29, 1.82) is 0 Å². The van der Waals surface area contributed by atoms with Crippen molar-refractivity contribution in [3.05, 3.63) is 95.0 Å². The molecular weight excluding hydrogens is 1110 g/mol. The fourth-order valence-electron chi connectivity index (χ4n) is 7.06. The zero-order valence-corrected chi connectivity index (χ0v) is 51.4. The summed E-state index contributed by atoms with van der Waals surface area (Å²) >= 11 is 0. The summed E-state index contributed by atoms with van der Waals surface area (Å²) < 4.78 is 6.74. The van der Waals surface area contributed by atoms with Crippen LogP contribution < -0.4 is 61.0 Å². The van der Waals surface area contributed by atoms with Crippen molar-refractivity contribution < 1.29 is 19.2 Å². The first-order chi connectivity index (χ1) is 39.9. The van der Waals surface area contributed by atoms with Crippen LogP contribution in [0.4, 0.5) is 17.6 Å². The minimum absolute atomic E-state index is 0. The van der Waals surface area contributed by atoms with E-state index in [1.807, 2.05) is 98.4 Å². The van der Waals surface area contributed by atoms with Gasteiger partial charge in [-0.1, -0.05) is 118 Å². The molecule has 6 heterocycles. The SMILES string of the molecule is C.C.CC(C)C(=O)NCC#Cc1cn(C(C)C)c(=O)[nH]c1=O.CC(C)C(=O)NCC#Cc1cn(C(C)C)c(=O)nc1N.CC(C)C(=O)NCC#Cc1cn(C(C)C)c2nc(N)[nH]c(=O)c12.CC(C)C(=O)NCC#Cc1cn(C(C)C)c2ncnc(N)c12. The Morgan fingerprint density at radius 3 is 1.23 bits per heavy atom. The molecule has 0 unspecified atom stereocenters. The van der Waals surface area contributed by atoms with Crippen LogP contribution in [0.3, 0.4) is 0 Å². The number of nitrogens with one attached hydrogen (secondary N) is 6. The van der Waals surface area contributed by atoms with Crippen molar-refractivity contribution in [3.8, 4) is 47.4 Å². The van der Waals surface area contributed by atoms with E-state index < -0.39 is 16.9 Å². The monoisotopic (exact) mass is 1200 g/mol. The molecule has 12 N–H and O–H groups in total. The lowest BCUT2D eigenvalue weighted by Crippen LogP contribution is -2.32. The molecule has 6 aromatic rings. The molecule has 0 bridgehead atoms. The number of H-pyrrole nitrogens is 2. The predicted molar refractivity (Wildman–Crippen MR) is 345 cm³/mol.